The summed E-state index contributed by atoms with van der Waals surface area (Å²) in [5.74, 6) is 1.41. The average Bonchev–Trinajstić information content (AvgIpc) is 3.29. The number of carbonyl (C=O) groups excluding carboxylic acids is 1. The number of benzene rings is 1. The molecule has 1 aromatic carbocycles. The molecule has 2 atom stereocenters. The molecule has 0 spiro atoms. The predicted octanol–water partition coefficient (Wildman–Crippen LogP) is 2.62. The molecule has 4 rings (SSSR count). The van der Waals surface area contributed by atoms with Gasteiger partial charge in [0.1, 0.15) is 5.69 Å². The molecule has 0 radical (unpaired) electrons. The largest absolute Gasteiger partial charge is 0.493 e. The number of carbonyl (C=O) groups is 1. The van der Waals surface area contributed by atoms with Gasteiger partial charge in [-0.2, -0.15) is 0 Å². The van der Waals surface area contributed by atoms with Crippen LogP contribution in [0.15, 0.2) is 59.5 Å². The van der Waals surface area contributed by atoms with E-state index >= 15 is 0 Å². The zero-order valence-corrected chi connectivity index (χ0v) is 17.4. The van der Waals surface area contributed by atoms with Gasteiger partial charge in [-0.1, -0.05) is 18.2 Å². The van der Waals surface area contributed by atoms with E-state index in [0.29, 0.717) is 41.8 Å². The van der Waals surface area contributed by atoms with E-state index in [1.165, 1.54) is 6.07 Å². The van der Waals surface area contributed by atoms with Crippen molar-refractivity contribution in [1.82, 2.24) is 19.9 Å². The number of aromatic amines is 1. The lowest BCUT2D eigenvalue weighted by Crippen LogP contribution is -2.39. The van der Waals surface area contributed by atoms with Crippen molar-refractivity contribution >= 4 is 5.91 Å². The van der Waals surface area contributed by atoms with Crippen LogP contribution in [0.4, 0.5) is 0 Å². The summed E-state index contributed by atoms with van der Waals surface area (Å²) in [5.41, 5.74) is 1.03. The summed E-state index contributed by atoms with van der Waals surface area (Å²) in [5, 5.41) is 0. The second-order valence-corrected chi connectivity index (χ2v) is 7.41. The van der Waals surface area contributed by atoms with Crippen molar-refractivity contribution in [1.29, 1.82) is 0 Å². The number of likely N-dealkylation sites (tertiary alicyclic amines) is 1. The number of aromatic nitrogens is 3. The molecule has 160 valence electrons. The maximum absolute atomic E-state index is 12.9. The zero-order valence-electron chi connectivity index (χ0n) is 17.4. The first-order valence-electron chi connectivity index (χ1n) is 10.2. The highest BCUT2D eigenvalue weighted by molar-refractivity contribution is 5.81. The van der Waals surface area contributed by atoms with Crippen molar-refractivity contribution in [3.63, 3.8) is 0 Å². The van der Waals surface area contributed by atoms with Crippen molar-refractivity contribution in [3.8, 4) is 23.0 Å². The smallest absolute Gasteiger partial charge is 0.263 e. The minimum Gasteiger partial charge on any atom is -0.493 e. The van der Waals surface area contributed by atoms with Crippen LogP contribution in [0.2, 0.25) is 0 Å². The van der Waals surface area contributed by atoms with E-state index in [1.54, 1.807) is 49.4 Å². The SMILES string of the molecule is COc1ccccc1OC(C)C(=O)N1CCC(c2cc(=O)[nH]c(-c3ccccn3)n2)C1. The van der Waals surface area contributed by atoms with Crippen LogP contribution in [0, 0.1) is 0 Å². The number of nitrogens with one attached hydrogen (secondary N) is 1. The Kier molecular flexibility index (Phi) is 5.97. The van der Waals surface area contributed by atoms with E-state index in [-0.39, 0.29) is 17.4 Å². The van der Waals surface area contributed by atoms with Gasteiger partial charge in [-0.05, 0) is 37.6 Å². The molecule has 1 aliphatic heterocycles. The molecule has 3 aromatic rings. The molecular weight excluding hydrogens is 396 g/mol. The molecule has 0 saturated carbocycles. The number of methoxy groups -OCH3 is 1. The molecule has 0 bridgehead atoms. The van der Waals surface area contributed by atoms with Gasteiger partial charge in [0.05, 0.1) is 12.8 Å². The lowest BCUT2D eigenvalue weighted by Gasteiger charge is -2.22. The van der Waals surface area contributed by atoms with E-state index in [9.17, 15) is 9.59 Å². The van der Waals surface area contributed by atoms with Crippen LogP contribution in [0.1, 0.15) is 25.0 Å². The average molecular weight is 420 g/mol. The zero-order chi connectivity index (χ0) is 21.8. The number of rotatable bonds is 6. The Morgan fingerprint density at radius 3 is 2.71 bits per heavy atom. The molecule has 0 aliphatic carbocycles. The predicted molar refractivity (Wildman–Crippen MR) is 115 cm³/mol. The van der Waals surface area contributed by atoms with Crippen LogP contribution >= 0.6 is 0 Å². The van der Waals surface area contributed by atoms with E-state index in [0.717, 1.165) is 6.42 Å². The molecule has 1 N–H and O–H groups in total. The van der Waals surface area contributed by atoms with E-state index in [4.69, 9.17) is 9.47 Å². The van der Waals surface area contributed by atoms with E-state index in [1.807, 2.05) is 18.2 Å². The normalized spacial score (nSPS) is 16.7. The topological polar surface area (TPSA) is 97.4 Å². The van der Waals surface area contributed by atoms with Crippen LogP contribution in [0.3, 0.4) is 0 Å². The summed E-state index contributed by atoms with van der Waals surface area (Å²) >= 11 is 0. The molecule has 8 nitrogen and oxygen atoms in total. The Morgan fingerprint density at radius 1 is 1.19 bits per heavy atom. The van der Waals surface area contributed by atoms with Gasteiger partial charge in [-0.15, -0.1) is 0 Å². The van der Waals surface area contributed by atoms with Gasteiger partial charge in [-0.3, -0.25) is 14.6 Å². The van der Waals surface area contributed by atoms with E-state index in [2.05, 4.69) is 15.0 Å². The highest BCUT2D eigenvalue weighted by atomic mass is 16.5. The first kappa shape index (κ1) is 20.6. The monoisotopic (exact) mass is 420 g/mol. The molecule has 1 fully saturated rings. The molecule has 2 unspecified atom stereocenters. The fourth-order valence-electron chi connectivity index (χ4n) is 3.73. The Bertz CT molecular complexity index is 1120. The van der Waals surface area contributed by atoms with Crippen molar-refractivity contribution < 1.29 is 14.3 Å². The van der Waals surface area contributed by atoms with Crippen LogP contribution in [-0.4, -0.2) is 52.1 Å². The molecular formula is C23H24N4O4. The minimum absolute atomic E-state index is 0.0211. The number of nitrogens with zero attached hydrogens (tertiary/aromatic N) is 3. The first-order chi connectivity index (χ1) is 15.0. The summed E-state index contributed by atoms with van der Waals surface area (Å²) < 4.78 is 11.1. The summed E-state index contributed by atoms with van der Waals surface area (Å²) in [4.78, 5) is 38.5. The molecule has 8 heteroatoms. The lowest BCUT2D eigenvalue weighted by molar-refractivity contribution is -0.136. The molecule has 1 aliphatic rings. The molecule has 2 aromatic heterocycles. The highest BCUT2D eigenvalue weighted by Crippen LogP contribution is 2.29. The highest BCUT2D eigenvalue weighted by Gasteiger charge is 2.32. The third-order valence-electron chi connectivity index (χ3n) is 5.31. The van der Waals surface area contributed by atoms with Gasteiger partial charge >= 0.3 is 0 Å². The summed E-state index contributed by atoms with van der Waals surface area (Å²) in [7, 11) is 1.56. The first-order valence-corrected chi connectivity index (χ1v) is 10.2. The van der Waals surface area contributed by atoms with Crippen LogP contribution in [0.25, 0.3) is 11.5 Å². The maximum Gasteiger partial charge on any atom is 0.263 e. The fourth-order valence-corrected chi connectivity index (χ4v) is 3.73. The van der Waals surface area contributed by atoms with Crippen LogP contribution in [-0.2, 0) is 4.79 Å². The lowest BCUT2D eigenvalue weighted by atomic mass is 10.0. The van der Waals surface area contributed by atoms with Crippen LogP contribution < -0.4 is 15.0 Å². The quantitative estimate of drug-likeness (QED) is 0.658. The summed E-state index contributed by atoms with van der Waals surface area (Å²) in [6.45, 7) is 2.79. The number of para-hydroxylation sites is 2. The van der Waals surface area contributed by atoms with Gasteiger partial charge in [0.2, 0.25) is 0 Å². The summed E-state index contributed by atoms with van der Waals surface area (Å²) in [6.07, 6.45) is 1.72. The second kappa shape index (κ2) is 8.99. The van der Waals surface area contributed by atoms with Gasteiger partial charge in [0, 0.05) is 31.3 Å². The van der Waals surface area contributed by atoms with Gasteiger partial charge in [0.25, 0.3) is 11.5 Å². The number of hydrogen-bond acceptors (Lipinski definition) is 6. The molecule has 31 heavy (non-hydrogen) atoms. The van der Waals surface area contributed by atoms with Gasteiger partial charge in [0.15, 0.2) is 23.4 Å². The Morgan fingerprint density at radius 2 is 1.97 bits per heavy atom. The number of ether oxygens (including phenoxy) is 2. The van der Waals surface area contributed by atoms with Crippen molar-refractivity contribution in [2.45, 2.75) is 25.4 Å². The number of pyridine rings is 1. The van der Waals surface area contributed by atoms with E-state index < -0.39 is 6.10 Å². The third-order valence-corrected chi connectivity index (χ3v) is 5.31. The minimum atomic E-state index is -0.661. The van der Waals surface area contributed by atoms with Gasteiger partial charge in [-0.25, -0.2) is 4.98 Å². The van der Waals surface area contributed by atoms with Crippen molar-refractivity contribution in [2.75, 3.05) is 20.2 Å². The standard InChI is InChI=1S/C23H24N4O4/c1-15(31-20-9-4-3-8-19(20)30-2)23(29)27-12-10-16(14-27)18-13-21(28)26-22(25-18)17-7-5-6-11-24-17/h3-9,11,13,15-16H,10,12,14H2,1-2H3,(H,25,26,28). The summed E-state index contributed by atoms with van der Waals surface area (Å²) in [6, 6.07) is 14.2. The maximum atomic E-state index is 12.9. The second-order valence-electron chi connectivity index (χ2n) is 7.41. The third kappa shape index (κ3) is 4.58. The van der Waals surface area contributed by atoms with Gasteiger partial charge < -0.3 is 19.4 Å². The number of amides is 1. The molecule has 3 heterocycles. The molecule has 1 amide bonds. The Balaban J connectivity index is 1.46. The Labute approximate surface area is 179 Å². The fraction of sp³-hybridized carbons (Fsp3) is 0.304. The van der Waals surface area contributed by atoms with Crippen molar-refractivity contribution in [3.05, 3.63) is 70.8 Å². The molecule has 1 saturated heterocycles. The van der Waals surface area contributed by atoms with Crippen molar-refractivity contribution in [2.24, 2.45) is 0 Å². The Hall–Kier alpha value is -3.68. The van der Waals surface area contributed by atoms with Crippen LogP contribution in [0.5, 0.6) is 11.5 Å². The number of hydrogen-bond donors (Lipinski definition) is 1. The number of H-pyrrole nitrogens is 1.